The van der Waals surface area contributed by atoms with Gasteiger partial charge >= 0.3 is 5.97 Å². The Hall–Kier alpha value is -2.55. The molecule has 0 N–H and O–H groups in total. The van der Waals surface area contributed by atoms with Crippen molar-refractivity contribution in [1.29, 1.82) is 0 Å². The van der Waals surface area contributed by atoms with Crippen molar-refractivity contribution in [2.45, 2.75) is 33.3 Å². The Morgan fingerprint density at radius 2 is 1.75 bits per heavy atom. The highest BCUT2D eigenvalue weighted by Gasteiger charge is 2.53. The van der Waals surface area contributed by atoms with E-state index in [1.54, 1.807) is 6.26 Å². The molecule has 3 heteroatoms. The van der Waals surface area contributed by atoms with Gasteiger partial charge in [-0.05, 0) is 28.8 Å². The van der Waals surface area contributed by atoms with Gasteiger partial charge in [0.25, 0.3) is 0 Å². The summed E-state index contributed by atoms with van der Waals surface area (Å²) in [5.74, 6) is 0.861. The zero-order valence-corrected chi connectivity index (χ0v) is 14.3. The normalized spacial score (nSPS) is 19.8. The molecule has 1 unspecified atom stereocenters. The van der Waals surface area contributed by atoms with E-state index in [2.05, 4.69) is 26.0 Å². The van der Waals surface area contributed by atoms with Crippen LogP contribution >= 0.6 is 0 Å². The molecule has 1 aliphatic carbocycles. The summed E-state index contributed by atoms with van der Waals surface area (Å²) in [6.07, 6.45) is 1.60. The van der Waals surface area contributed by atoms with E-state index < -0.39 is 0 Å². The molecule has 0 spiro atoms. The third-order valence-electron chi connectivity index (χ3n) is 4.51. The molecule has 0 aromatic heterocycles. The van der Waals surface area contributed by atoms with Gasteiger partial charge in [-0.3, -0.25) is 4.79 Å². The molecule has 1 aliphatic rings. The largest absolute Gasteiger partial charge is 0.489 e. The van der Waals surface area contributed by atoms with Gasteiger partial charge in [0, 0.05) is 18.3 Å². The predicted molar refractivity (Wildman–Crippen MR) is 93.6 cm³/mol. The fourth-order valence-electron chi connectivity index (χ4n) is 3.04. The minimum atomic E-state index is -0.284. The van der Waals surface area contributed by atoms with E-state index in [1.807, 2.05) is 42.5 Å². The van der Waals surface area contributed by atoms with Crippen molar-refractivity contribution in [3.8, 4) is 5.75 Å². The topological polar surface area (TPSA) is 35.5 Å². The van der Waals surface area contributed by atoms with Crippen molar-refractivity contribution in [1.82, 2.24) is 0 Å². The Balaban J connectivity index is 1.65. The SMILES string of the molecule is CC(=O)O/C=C1\C(c2ccc(OCc3ccccc3)cc2)C1(C)C. The third-order valence-corrected chi connectivity index (χ3v) is 4.51. The van der Waals surface area contributed by atoms with Crippen molar-refractivity contribution in [2.75, 3.05) is 0 Å². The number of hydrogen-bond acceptors (Lipinski definition) is 3. The summed E-state index contributed by atoms with van der Waals surface area (Å²) < 4.78 is 10.9. The maximum Gasteiger partial charge on any atom is 0.307 e. The number of carbonyl (C=O) groups excluding carboxylic acids is 1. The molecule has 1 fully saturated rings. The number of benzene rings is 2. The molecule has 0 amide bonds. The smallest absolute Gasteiger partial charge is 0.307 e. The van der Waals surface area contributed by atoms with Gasteiger partial charge in [0.2, 0.25) is 0 Å². The van der Waals surface area contributed by atoms with Crippen molar-refractivity contribution >= 4 is 5.97 Å². The lowest BCUT2D eigenvalue weighted by Crippen LogP contribution is -1.95. The second kappa shape index (κ2) is 6.52. The molecule has 2 aromatic carbocycles. The van der Waals surface area contributed by atoms with E-state index in [-0.39, 0.29) is 11.4 Å². The van der Waals surface area contributed by atoms with E-state index >= 15 is 0 Å². The zero-order chi connectivity index (χ0) is 17.2. The Bertz CT molecular complexity index is 742. The van der Waals surface area contributed by atoms with E-state index in [4.69, 9.17) is 9.47 Å². The lowest BCUT2D eigenvalue weighted by atomic mass is 10.0. The van der Waals surface area contributed by atoms with Crippen LogP contribution in [0.5, 0.6) is 5.75 Å². The standard InChI is InChI=1S/C21H22O3/c1-15(22)23-14-19-20(21(19,2)3)17-9-11-18(12-10-17)24-13-16-7-5-4-6-8-16/h4-12,14,20H,13H2,1-3H3/b19-14+. The summed E-state index contributed by atoms with van der Waals surface area (Å²) in [5, 5.41) is 0. The second-order valence-corrected chi connectivity index (χ2v) is 6.68. The Morgan fingerprint density at radius 3 is 2.38 bits per heavy atom. The van der Waals surface area contributed by atoms with Crippen LogP contribution in [-0.4, -0.2) is 5.97 Å². The fraction of sp³-hybridized carbons (Fsp3) is 0.286. The Kier molecular flexibility index (Phi) is 4.43. The predicted octanol–water partition coefficient (Wildman–Crippen LogP) is 4.84. The molecule has 0 bridgehead atoms. The van der Waals surface area contributed by atoms with Crippen molar-refractivity contribution < 1.29 is 14.3 Å². The lowest BCUT2D eigenvalue weighted by Gasteiger charge is -2.08. The highest BCUT2D eigenvalue weighted by Crippen LogP contribution is 2.64. The molecular formula is C21H22O3. The maximum absolute atomic E-state index is 11.0. The van der Waals surface area contributed by atoms with Gasteiger partial charge in [-0.2, -0.15) is 0 Å². The van der Waals surface area contributed by atoms with Crippen LogP contribution in [0.4, 0.5) is 0 Å². The zero-order valence-electron chi connectivity index (χ0n) is 14.3. The molecule has 124 valence electrons. The molecule has 0 saturated heterocycles. The van der Waals surface area contributed by atoms with Crippen molar-refractivity contribution in [3.63, 3.8) is 0 Å². The molecule has 3 nitrogen and oxygen atoms in total. The average Bonchev–Trinajstić information content (AvgIpc) is 3.13. The second-order valence-electron chi connectivity index (χ2n) is 6.68. The summed E-state index contributed by atoms with van der Waals surface area (Å²) in [6, 6.07) is 18.3. The fourth-order valence-corrected chi connectivity index (χ4v) is 3.04. The molecule has 24 heavy (non-hydrogen) atoms. The first-order chi connectivity index (χ1) is 11.5. The van der Waals surface area contributed by atoms with Gasteiger partial charge in [-0.15, -0.1) is 0 Å². The van der Waals surface area contributed by atoms with E-state index in [1.165, 1.54) is 12.5 Å². The van der Waals surface area contributed by atoms with Crippen LogP contribution in [0.25, 0.3) is 0 Å². The minimum Gasteiger partial charge on any atom is -0.489 e. The number of rotatable bonds is 5. The molecule has 0 aliphatic heterocycles. The van der Waals surface area contributed by atoms with Gasteiger partial charge in [0.15, 0.2) is 0 Å². The molecular weight excluding hydrogens is 300 g/mol. The highest BCUT2D eigenvalue weighted by molar-refractivity contribution is 5.67. The lowest BCUT2D eigenvalue weighted by molar-refractivity contribution is -0.135. The molecule has 1 atom stereocenters. The Morgan fingerprint density at radius 1 is 1.08 bits per heavy atom. The summed E-state index contributed by atoms with van der Waals surface area (Å²) in [4.78, 5) is 11.0. The van der Waals surface area contributed by atoms with E-state index in [9.17, 15) is 4.79 Å². The monoisotopic (exact) mass is 322 g/mol. The van der Waals surface area contributed by atoms with Crippen LogP contribution in [0, 0.1) is 5.41 Å². The summed E-state index contributed by atoms with van der Waals surface area (Å²) in [6.45, 7) is 6.30. The molecule has 0 radical (unpaired) electrons. The molecule has 0 heterocycles. The molecule has 2 aromatic rings. The number of hydrogen-bond donors (Lipinski definition) is 0. The van der Waals surface area contributed by atoms with Crippen molar-refractivity contribution in [3.05, 3.63) is 77.6 Å². The Labute approximate surface area is 142 Å². The van der Waals surface area contributed by atoms with Gasteiger partial charge in [-0.25, -0.2) is 0 Å². The van der Waals surface area contributed by atoms with Crippen LogP contribution in [-0.2, 0) is 16.1 Å². The van der Waals surface area contributed by atoms with Gasteiger partial charge in [-0.1, -0.05) is 56.3 Å². The van der Waals surface area contributed by atoms with Crippen molar-refractivity contribution in [2.24, 2.45) is 5.41 Å². The van der Waals surface area contributed by atoms with Crippen LogP contribution < -0.4 is 4.74 Å². The van der Waals surface area contributed by atoms with Gasteiger partial charge in [0.05, 0.1) is 6.26 Å². The molecule has 3 rings (SSSR count). The van der Waals surface area contributed by atoms with E-state index in [0.717, 1.165) is 16.9 Å². The number of carbonyl (C=O) groups is 1. The average molecular weight is 322 g/mol. The van der Waals surface area contributed by atoms with Crippen LogP contribution in [0.15, 0.2) is 66.4 Å². The first-order valence-electron chi connectivity index (χ1n) is 8.13. The quantitative estimate of drug-likeness (QED) is 0.584. The third kappa shape index (κ3) is 3.51. The van der Waals surface area contributed by atoms with Crippen LogP contribution in [0.2, 0.25) is 0 Å². The van der Waals surface area contributed by atoms with E-state index in [0.29, 0.717) is 12.5 Å². The summed E-state index contributed by atoms with van der Waals surface area (Å²) >= 11 is 0. The molecule has 1 saturated carbocycles. The first kappa shape index (κ1) is 16.3. The van der Waals surface area contributed by atoms with Gasteiger partial charge < -0.3 is 9.47 Å². The first-order valence-corrected chi connectivity index (χ1v) is 8.13. The number of ether oxygens (including phenoxy) is 2. The van der Waals surface area contributed by atoms with Crippen LogP contribution in [0.3, 0.4) is 0 Å². The highest BCUT2D eigenvalue weighted by atomic mass is 16.5. The summed E-state index contributed by atoms with van der Waals surface area (Å²) in [5.41, 5.74) is 3.54. The maximum atomic E-state index is 11.0. The summed E-state index contributed by atoms with van der Waals surface area (Å²) in [7, 11) is 0. The minimum absolute atomic E-state index is 0.0296. The van der Waals surface area contributed by atoms with Gasteiger partial charge in [0.1, 0.15) is 12.4 Å². The van der Waals surface area contributed by atoms with Crippen LogP contribution in [0.1, 0.15) is 37.8 Å². The number of esters is 1. The number of allylic oxidation sites excluding steroid dienone is 1.